The second kappa shape index (κ2) is 6.17. The van der Waals surface area contributed by atoms with E-state index in [9.17, 15) is 0 Å². The Bertz CT molecular complexity index is 295. The van der Waals surface area contributed by atoms with Crippen LogP contribution in [0.3, 0.4) is 0 Å². The first kappa shape index (κ1) is 14.5. The molecule has 0 unspecified atom stereocenters. The van der Waals surface area contributed by atoms with E-state index in [0.29, 0.717) is 13.2 Å². The summed E-state index contributed by atoms with van der Waals surface area (Å²) in [4.78, 5) is 0. The van der Waals surface area contributed by atoms with E-state index in [1.807, 2.05) is 13.2 Å². The van der Waals surface area contributed by atoms with Gasteiger partial charge in [0.05, 0.1) is 31.6 Å². The van der Waals surface area contributed by atoms with Crippen molar-refractivity contribution in [2.45, 2.75) is 12.1 Å². The summed E-state index contributed by atoms with van der Waals surface area (Å²) in [6.07, 6.45) is 3.44. The zero-order valence-corrected chi connectivity index (χ0v) is 9.96. The molecule has 1 aliphatic rings. The van der Waals surface area contributed by atoms with E-state index in [2.05, 4.69) is 5.10 Å². The Morgan fingerprint density at radius 1 is 1.53 bits per heavy atom. The summed E-state index contributed by atoms with van der Waals surface area (Å²) in [5.41, 5.74) is 5.76. The highest BCUT2D eigenvalue weighted by Gasteiger charge is 2.26. The molecule has 0 spiro atoms. The molecule has 0 bridgehead atoms. The van der Waals surface area contributed by atoms with Gasteiger partial charge in [0.15, 0.2) is 5.75 Å². The van der Waals surface area contributed by atoms with Gasteiger partial charge in [0.1, 0.15) is 6.10 Å². The third-order valence-electron chi connectivity index (χ3n) is 2.04. The maximum absolute atomic E-state index is 5.76. The molecular formula is C8H15Cl2N3O2. The average Bonchev–Trinajstić information content (AvgIpc) is 2.64. The fraction of sp³-hybridized carbons (Fsp3) is 0.625. The molecule has 1 fully saturated rings. The number of rotatable bonds is 2. The summed E-state index contributed by atoms with van der Waals surface area (Å²) in [6.45, 7) is 1.14. The Morgan fingerprint density at radius 2 is 2.27 bits per heavy atom. The number of halogens is 2. The molecule has 0 radical (unpaired) electrons. The van der Waals surface area contributed by atoms with E-state index < -0.39 is 0 Å². The lowest BCUT2D eigenvalue weighted by molar-refractivity contribution is 0.140. The van der Waals surface area contributed by atoms with Gasteiger partial charge in [0.2, 0.25) is 0 Å². The monoisotopic (exact) mass is 255 g/mol. The number of aromatic nitrogens is 2. The zero-order valence-electron chi connectivity index (χ0n) is 8.33. The molecule has 2 atom stereocenters. The Balaban J connectivity index is 0.000000980. The quantitative estimate of drug-likeness (QED) is 0.830. The third-order valence-corrected chi connectivity index (χ3v) is 2.04. The molecule has 5 nitrogen and oxygen atoms in total. The second-order valence-corrected chi connectivity index (χ2v) is 3.21. The topological polar surface area (TPSA) is 62.3 Å². The van der Waals surface area contributed by atoms with Crippen molar-refractivity contribution in [1.82, 2.24) is 9.78 Å². The van der Waals surface area contributed by atoms with Crippen molar-refractivity contribution in [3.8, 4) is 5.75 Å². The van der Waals surface area contributed by atoms with E-state index in [1.54, 1.807) is 10.9 Å². The molecule has 2 N–H and O–H groups in total. The van der Waals surface area contributed by atoms with E-state index in [4.69, 9.17) is 15.2 Å². The van der Waals surface area contributed by atoms with Gasteiger partial charge in [-0.2, -0.15) is 5.10 Å². The van der Waals surface area contributed by atoms with Crippen molar-refractivity contribution in [3.63, 3.8) is 0 Å². The first-order chi connectivity index (χ1) is 6.25. The van der Waals surface area contributed by atoms with Gasteiger partial charge in [0.25, 0.3) is 0 Å². The lowest BCUT2D eigenvalue weighted by Gasteiger charge is -2.13. The number of hydrogen-bond donors (Lipinski definition) is 1. The molecule has 1 aromatic rings. The lowest BCUT2D eigenvalue weighted by Crippen LogP contribution is -2.37. The second-order valence-electron chi connectivity index (χ2n) is 3.21. The Hall–Kier alpha value is -0.490. The van der Waals surface area contributed by atoms with Crippen LogP contribution >= 0.6 is 24.8 Å². The van der Waals surface area contributed by atoms with Crippen LogP contribution in [0.4, 0.5) is 0 Å². The van der Waals surface area contributed by atoms with Gasteiger partial charge in [-0.15, -0.1) is 24.8 Å². The van der Waals surface area contributed by atoms with Gasteiger partial charge >= 0.3 is 0 Å². The molecule has 0 amide bonds. The van der Waals surface area contributed by atoms with Gasteiger partial charge < -0.3 is 15.2 Å². The molecule has 0 aromatic carbocycles. The molecule has 1 aromatic heterocycles. The van der Waals surface area contributed by atoms with E-state index >= 15 is 0 Å². The normalized spacial score (nSPS) is 24.1. The Morgan fingerprint density at radius 3 is 2.73 bits per heavy atom. The highest BCUT2D eigenvalue weighted by Crippen LogP contribution is 2.14. The van der Waals surface area contributed by atoms with E-state index in [0.717, 1.165) is 5.75 Å². The lowest BCUT2D eigenvalue weighted by atomic mass is 10.2. The Labute approximate surface area is 101 Å². The molecular weight excluding hydrogens is 241 g/mol. The smallest absolute Gasteiger partial charge is 0.157 e. The maximum Gasteiger partial charge on any atom is 0.157 e. The van der Waals surface area contributed by atoms with Crippen molar-refractivity contribution < 1.29 is 9.47 Å². The van der Waals surface area contributed by atoms with Gasteiger partial charge in [-0.3, -0.25) is 4.68 Å². The summed E-state index contributed by atoms with van der Waals surface area (Å²) in [6, 6.07) is -0.0276. The van der Waals surface area contributed by atoms with Crippen LogP contribution in [-0.4, -0.2) is 35.1 Å². The van der Waals surface area contributed by atoms with Crippen molar-refractivity contribution >= 4 is 24.8 Å². The molecule has 2 heterocycles. The summed E-state index contributed by atoms with van der Waals surface area (Å²) in [5, 5.41) is 3.99. The number of hydrogen-bond acceptors (Lipinski definition) is 4. The zero-order chi connectivity index (χ0) is 9.26. The molecule has 2 rings (SSSR count). The van der Waals surface area contributed by atoms with Gasteiger partial charge in [-0.05, 0) is 0 Å². The number of aryl methyl sites for hydroxylation is 1. The van der Waals surface area contributed by atoms with Gasteiger partial charge in [-0.25, -0.2) is 0 Å². The fourth-order valence-electron chi connectivity index (χ4n) is 1.31. The third kappa shape index (κ3) is 3.53. The van der Waals surface area contributed by atoms with E-state index in [1.165, 1.54) is 0 Å². The highest BCUT2D eigenvalue weighted by molar-refractivity contribution is 5.85. The minimum absolute atomic E-state index is 0. The van der Waals surface area contributed by atoms with Crippen LogP contribution < -0.4 is 10.5 Å². The summed E-state index contributed by atoms with van der Waals surface area (Å²) in [7, 11) is 1.85. The standard InChI is InChI=1S/C8H13N3O2.2ClH/c1-11-3-6(2-10-11)13-8-5-12-4-7(8)9;;/h2-3,7-8H,4-5,9H2,1H3;2*1H/t7-,8+;;/m0../s1. The van der Waals surface area contributed by atoms with Crippen LogP contribution in [0, 0.1) is 0 Å². The molecule has 7 heteroatoms. The van der Waals surface area contributed by atoms with Gasteiger partial charge in [-0.1, -0.05) is 0 Å². The largest absolute Gasteiger partial charge is 0.483 e. The van der Waals surface area contributed by atoms with Crippen LogP contribution in [0.25, 0.3) is 0 Å². The van der Waals surface area contributed by atoms with Crippen molar-refractivity contribution in [3.05, 3.63) is 12.4 Å². The predicted octanol–water partition coefficient (Wildman–Crippen LogP) is 0.369. The minimum atomic E-state index is -0.0378. The van der Waals surface area contributed by atoms with Crippen molar-refractivity contribution in [2.75, 3.05) is 13.2 Å². The summed E-state index contributed by atoms with van der Waals surface area (Å²) < 4.78 is 12.4. The predicted molar refractivity (Wildman–Crippen MR) is 60.9 cm³/mol. The van der Waals surface area contributed by atoms with Crippen molar-refractivity contribution in [2.24, 2.45) is 12.8 Å². The average molecular weight is 256 g/mol. The maximum atomic E-state index is 5.76. The number of nitrogens with two attached hydrogens (primary N) is 1. The SMILES string of the molecule is Cl.Cl.Cn1cc(O[C@@H]2COC[C@@H]2N)cn1. The summed E-state index contributed by atoms with van der Waals surface area (Å²) >= 11 is 0. The summed E-state index contributed by atoms with van der Waals surface area (Å²) in [5.74, 6) is 0.744. The van der Waals surface area contributed by atoms with Crippen molar-refractivity contribution in [1.29, 1.82) is 0 Å². The minimum Gasteiger partial charge on any atom is -0.483 e. The number of ether oxygens (including phenoxy) is 2. The molecule has 0 aliphatic carbocycles. The van der Waals surface area contributed by atoms with Crippen LogP contribution in [0.15, 0.2) is 12.4 Å². The first-order valence-corrected chi connectivity index (χ1v) is 4.24. The number of nitrogens with zero attached hydrogens (tertiary/aromatic N) is 2. The van der Waals surface area contributed by atoms with Crippen LogP contribution in [0.2, 0.25) is 0 Å². The molecule has 1 aliphatic heterocycles. The van der Waals surface area contributed by atoms with E-state index in [-0.39, 0.29) is 37.0 Å². The molecule has 0 saturated carbocycles. The van der Waals surface area contributed by atoms with Crippen LogP contribution in [0.1, 0.15) is 0 Å². The molecule has 1 saturated heterocycles. The van der Waals surface area contributed by atoms with Gasteiger partial charge in [0, 0.05) is 7.05 Å². The van der Waals surface area contributed by atoms with Crippen LogP contribution in [0.5, 0.6) is 5.75 Å². The molecule has 88 valence electrons. The Kier molecular flexibility index (Phi) is 5.97. The molecule has 15 heavy (non-hydrogen) atoms. The fourth-order valence-corrected chi connectivity index (χ4v) is 1.31. The first-order valence-electron chi connectivity index (χ1n) is 4.24. The highest BCUT2D eigenvalue weighted by atomic mass is 35.5. The van der Waals surface area contributed by atoms with Crippen LogP contribution in [-0.2, 0) is 11.8 Å².